The minimum Gasteiger partial charge on any atom is -0.459 e. The van der Waals surface area contributed by atoms with E-state index >= 15 is 0 Å². The van der Waals surface area contributed by atoms with Crippen molar-refractivity contribution in [2.45, 2.75) is 73.3 Å². The minimum absolute atomic E-state index is 0.153. The van der Waals surface area contributed by atoms with E-state index < -0.39 is 0 Å². The summed E-state index contributed by atoms with van der Waals surface area (Å²) in [4.78, 5) is 17.7. The number of rotatable bonds is 6. The molecule has 0 fully saturated rings. The highest BCUT2D eigenvalue weighted by atomic mass is 19.1. The summed E-state index contributed by atoms with van der Waals surface area (Å²) in [6, 6.07) is 8.63. The first-order valence-electron chi connectivity index (χ1n) is 12.4. The molecular weight excluding hydrogens is 441 g/mol. The Labute approximate surface area is 211 Å². The molecule has 0 atom stereocenters. The average molecular weight is 486 g/mol. The van der Waals surface area contributed by atoms with E-state index in [2.05, 4.69) is 44.8 Å². The van der Waals surface area contributed by atoms with Crippen LogP contribution in [0, 0.1) is 5.82 Å². The van der Waals surface area contributed by atoms with Crippen LogP contribution in [0.5, 0.6) is 0 Å². The zero-order valence-electron chi connectivity index (χ0n) is 22.5. The lowest BCUT2D eigenvalue weighted by Crippen LogP contribution is -2.34. The van der Waals surface area contributed by atoms with Crippen LogP contribution in [0.15, 0.2) is 58.0 Å². The molecule has 0 saturated heterocycles. The predicted octanol–water partition coefficient (Wildman–Crippen LogP) is 6.96. The Morgan fingerprint density at radius 2 is 1.80 bits per heavy atom. The summed E-state index contributed by atoms with van der Waals surface area (Å²) in [5.74, 6) is 1.67. The fraction of sp³-hybridized carbons (Fsp3) is 0.448. The number of hydrogen-bond acceptors (Lipinski definition) is 4. The van der Waals surface area contributed by atoms with Crippen LogP contribution in [-0.2, 0) is 24.2 Å². The molecule has 2 aromatic rings. The van der Waals surface area contributed by atoms with Crippen molar-refractivity contribution < 1.29 is 13.6 Å². The standard InChI is InChI=1S/C16H20N2O2.C9H11F.C3H8.CH5N/c1-5-11(3)16(17-4)14-9-12-10-18(15(19)6-2)8-7-13(12)20-14;1-2-3-8-4-6-9(10)7-5-8;1-3-2;1-2/h5,9H,1,4,6-8,10H2,2-3H3;4-7H,2-3H2,1H3;3H2,1-2H3;2H2,1H3/b16-11-;;;. The molecule has 1 aromatic carbocycles. The Morgan fingerprint density at radius 3 is 2.29 bits per heavy atom. The molecule has 3 rings (SSSR count). The van der Waals surface area contributed by atoms with Crippen molar-refractivity contribution >= 4 is 18.3 Å². The van der Waals surface area contributed by atoms with Crippen molar-refractivity contribution in [3.8, 4) is 0 Å². The smallest absolute Gasteiger partial charge is 0.222 e. The van der Waals surface area contributed by atoms with Gasteiger partial charge >= 0.3 is 0 Å². The van der Waals surface area contributed by atoms with Crippen molar-refractivity contribution in [2.75, 3.05) is 13.6 Å². The van der Waals surface area contributed by atoms with Gasteiger partial charge in [-0.2, -0.15) is 0 Å². The van der Waals surface area contributed by atoms with Crippen LogP contribution in [0.3, 0.4) is 0 Å². The Balaban J connectivity index is 0.000000644. The van der Waals surface area contributed by atoms with E-state index in [9.17, 15) is 9.18 Å². The van der Waals surface area contributed by atoms with Crippen LogP contribution in [0.1, 0.15) is 76.5 Å². The largest absolute Gasteiger partial charge is 0.459 e. The number of allylic oxidation sites excluding steroid dienone is 2. The van der Waals surface area contributed by atoms with Gasteiger partial charge in [-0.25, -0.2) is 4.39 Å². The third-order valence-corrected chi connectivity index (χ3v) is 5.04. The first-order chi connectivity index (χ1) is 16.8. The van der Waals surface area contributed by atoms with E-state index in [1.54, 1.807) is 6.08 Å². The number of aliphatic imine (C=N–C) groups is 1. The topological polar surface area (TPSA) is 71.8 Å². The van der Waals surface area contributed by atoms with Gasteiger partial charge in [0.2, 0.25) is 5.91 Å². The number of nitrogens with two attached hydrogens (primary N) is 1. The summed E-state index contributed by atoms with van der Waals surface area (Å²) in [6.45, 7) is 18.8. The van der Waals surface area contributed by atoms with Gasteiger partial charge in [0.25, 0.3) is 0 Å². The highest BCUT2D eigenvalue weighted by molar-refractivity contribution is 5.76. The monoisotopic (exact) mass is 485 g/mol. The molecule has 194 valence electrons. The molecule has 1 aliphatic heterocycles. The van der Waals surface area contributed by atoms with Gasteiger partial charge < -0.3 is 15.1 Å². The van der Waals surface area contributed by atoms with E-state index in [0.29, 0.717) is 31.0 Å². The second-order valence-electron chi connectivity index (χ2n) is 7.96. The number of amides is 1. The highest BCUT2D eigenvalue weighted by Gasteiger charge is 2.24. The van der Waals surface area contributed by atoms with Crippen molar-refractivity contribution in [1.82, 2.24) is 4.90 Å². The molecule has 2 N–H and O–H groups in total. The first kappa shape index (κ1) is 32.0. The number of nitrogens with zero attached hydrogens (tertiary/aromatic N) is 2. The highest BCUT2D eigenvalue weighted by Crippen LogP contribution is 2.29. The van der Waals surface area contributed by atoms with Crippen LogP contribution in [0.2, 0.25) is 0 Å². The Bertz CT molecular complexity index is 930. The van der Waals surface area contributed by atoms with E-state index in [-0.39, 0.29) is 11.7 Å². The molecule has 0 saturated carbocycles. The average Bonchev–Trinajstić information content (AvgIpc) is 3.30. The van der Waals surface area contributed by atoms with Gasteiger partial charge in [-0.3, -0.25) is 9.79 Å². The SMILES string of the molecule is C=C/C(C)=C(\N=C)c1cc2c(o1)CCN(C(=O)CC)C2.CCC.CCCc1ccc(F)cc1.CN. The van der Waals surface area contributed by atoms with Crippen LogP contribution in [-0.4, -0.2) is 31.1 Å². The van der Waals surface area contributed by atoms with Crippen LogP contribution >= 0.6 is 0 Å². The van der Waals surface area contributed by atoms with Crippen molar-refractivity contribution in [3.63, 3.8) is 0 Å². The fourth-order valence-electron chi connectivity index (χ4n) is 3.32. The quantitative estimate of drug-likeness (QED) is 0.355. The molecule has 0 unspecified atom stereocenters. The molecule has 1 aliphatic rings. The maximum Gasteiger partial charge on any atom is 0.222 e. The Hall–Kier alpha value is -2.99. The number of halogens is 1. The van der Waals surface area contributed by atoms with Gasteiger partial charge in [0, 0.05) is 31.5 Å². The Morgan fingerprint density at radius 1 is 1.20 bits per heavy atom. The molecule has 1 aromatic heterocycles. The second kappa shape index (κ2) is 18.4. The molecule has 0 spiro atoms. The lowest BCUT2D eigenvalue weighted by Gasteiger charge is -2.25. The number of aryl methyl sites for hydroxylation is 1. The molecule has 2 heterocycles. The molecule has 0 radical (unpaired) electrons. The van der Waals surface area contributed by atoms with Gasteiger partial charge in [0.15, 0.2) is 5.76 Å². The zero-order chi connectivity index (χ0) is 26.8. The van der Waals surface area contributed by atoms with Crippen LogP contribution in [0.4, 0.5) is 4.39 Å². The van der Waals surface area contributed by atoms with E-state index in [1.165, 1.54) is 31.2 Å². The second-order valence-corrected chi connectivity index (χ2v) is 7.96. The van der Waals surface area contributed by atoms with Gasteiger partial charge in [-0.05, 0) is 56.4 Å². The Kier molecular flexibility index (Phi) is 16.8. The summed E-state index contributed by atoms with van der Waals surface area (Å²) in [5.41, 5.74) is 8.41. The molecule has 5 nitrogen and oxygen atoms in total. The van der Waals surface area contributed by atoms with Gasteiger partial charge in [-0.15, -0.1) is 0 Å². The third-order valence-electron chi connectivity index (χ3n) is 5.04. The molecule has 35 heavy (non-hydrogen) atoms. The summed E-state index contributed by atoms with van der Waals surface area (Å²) in [5, 5.41) is 0. The van der Waals surface area contributed by atoms with Gasteiger partial charge in [0.05, 0.1) is 0 Å². The van der Waals surface area contributed by atoms with Crippen LogP contribution in [0.25, 0.3) is 5.70 Å². The molecule has 0 bridgehead atoms. The van der Waals surface area contributed by atoms with E-state index in [0.717, 1.165) is 36.2 Å². The van der Waals surface area contributed by atoms with E-state index in [1.807, 2.05) is 36.9 Å². The number of carbonyl (C=O) groups is 1. The molecule has 0 aliphatic carbocycles. The lowest BCUT2D eigenvalue weighted by molar-refractivity contribution is -0.131. The summed E-state index contributed by atoms with van der Waals surface area (Å²) in [7, 11) is 1.50. The summed E-state index contributed by atoms with van der Waals surface area (Å²) in [6.07, 6.45) is 6.43. The fourth-order valence-corrected chi connectivity index (χ4v) is 3.32. The molecular formula is C29H44FN3O2. The number of carbonyl (C=O) groups excluding carboxylic acids is 1. The van der Waals surface area contributed by atoms with Gasteiger partial charge in [0.1, 0.15) is 17.3 Å². The maximum atomic E-state index is 12.3. The van der Waals surface area contributed by atoms with Gasteiger partial charge in [-0.1, -0.05) is 65.3 Å². The van der Waals surface area contributed by atoms with Crippen molar-refractivity contribution in [3.05, 3.63) is 77.0 Å². The molecule has 1 amide bonds. The first-order valence-corrected chi connectivity index (χ1v) is 12.4. The number of furan rings is 1. The lowest BCUT2D eigenvalue weighted by atomic mass is 10.1. The predicted molar refractivity (Wildman–Crippen MR) is 147 cm³/mol. The molecule has 6 heteroatoms. The maximum absolute atomic E-state index is 12.3. The minimum atomic E-state index is -0.153. The number of fused-ring (bicyclic) bond motifs is 1. The summed E-state index contributed by atoms with van der Waals surface area (Å²) < 4.78 is 18.2. The van der Waals surface area contributed by atoms with E-state index in [4.69, 9.17) is 4.42 Å². The van der Waals surface area contributed by atoms with Crippen molar-refractivity contribution in [2.24, 2.45) is 10.7 Å². The van der Waals surface area contributed by atoms with Crippen LogP contribution < -0.4 is 5.73 Å². The number of hydrogen-bond donors (Lipinski definition) is 1. The summed E-state index contributed by atoms with van der Waals surface area (Å²) >= 11 is 0. The van der Waals surface area contributed by atoms with Crippen molar-refractivity contribution in [1.29, 1.82) is 0 Å². The number of benzene rings is 1. The third kappa shape index (κ3) is 10.9. The zero-order valence-corrected chi connectivity index (χ0v) is 22.5. The normalized spacial score (nSPS) is 12.3.